The zero-order valence-electron chi connectivity index (χ0n) is 20.2. The van der Waals surface area contributed by atoms with Gasteiger partial charge in [-0.3, -0.25) is 9.59 Å². The second kappa shape index (κ2) is 13.0. The summed E-state index contributed by atoms with van der Waals surface area (Å²) < 4.78 is 0. The maximum Gasteiger partial charge on any atom is 0.337 e. The van der Waals surface area contributed by atoms with E-state index in [1.165, 1.54) is 0 Å². The number of carboxylic acid groups (broad SMARTS) is 3. The second-order valence-corrected chi connectivity index (χ2v) is 9.68. The van der Waals surface area contributed by atoms with Gasteiger partial charge < -0.3 is 20.4 Å². The van der Waals surface area contributed by atoms with Gasteiger partial charge in [0.2, 0.25) is 0 Å². The van der Waals surface area contributed by atoms with E-state index in [4.69, 9.17) is 0 Å². The Labute approximate surface area is 187 Å². The first-order valence-corrected chi connectivity index (χ1v) is 11.8. The molecule has 5 atom stereocenters. The standard InChI is InChI=1S/C24H44O7/c1-7-10-16(4)13-19(20(25)26)24(31,22(29)30)23(21(27)28,14-17(5)11-8-2)15-18(6)12-9-3/h16-19,31H,7-15H2,1-6H3,(H,25,26)(H,27,28)(H,29,30). The molecule has 0 fully saturated rings. The summed E-state index contributed by atoms with van der Waals surface area (Å²) in [7, 11) is 0. The fraction of sp³-hybridized carbons (Fsp3) is 0.875. The molecule has 182 valence electrons. The molecule has 0 saturated heterocycles. The van der Waals surface area contributed by atoms with E-state index in [1.54, 1.807) is 0 Å². The van der Waals surface area contributed by atoms with Gasteiger partial charge in [0.05, 0.1) is 5.92 Å². The van der Waals surface area contributed by atoms with Crippen molar-refractivity contribution in [1.29, 1.82) is 0 Å². The molecule has 0 bridgehead atoms. The molecule has 0 heterocycles. The first-order valence-electron chi connectivity index (χ1n) is 11.8. The Balaban J connectivity index is 6.79. The average molecular weight is 445 g/mol. The van der Waals surface area contributed by atoms with Crippen molar-refractivity contribution in [2.45, 2.75) is 105 Å². The lowest BCUT2D eigenvalue weighted by Gasteiger charge is -2.47. The SMILES string of the molecule is CCCC(C)CC(C(=O)O)C(O)(C(=O)O)C(CC(C)CCC)(CC(C)CCC)C(=O)O. The number of hydrogen-bond acceptors (Lipinski definition) is 4. The Kier molecular flexibility index (Phi) is 12.4. The summed E-state index contributed by atoms with van der Waals surface area (Å²) in [6, 6.07) is 0. The van der Waals surface area contributed by atoms with Crippen molar-refractivity contribution in [1.82, 2.24) is 0 Å². The molecule has 0 aromatic rings. The minimum absolute atomic E-state index is 0.0844. The number of carboxylic acids is 3. The molecule has 4 N–H and O–H groups in total. The van der Waals surface area contributed by atoms with Crippen LogP contribution < -0.4 is 0 Å². The van der Waals surface area contributed by atoms with E-state index >= 15 is 0 Å². The van der Waals surface area contributed by atoms with Crippen LogP contribution in [-0.2, 0) is 14.4 Å². The first-order chi connectivity index (χ1) is 14.3. The number of aliphatic hydroxyl groups is 1. The highest BCUT2D eigenvalue weighted by Gasteiger charge is 2.66. The van der Waals surface area contributed by atoms with Crippen molar-refractivity contribution in [2.24, 2.45) is 29.1 Å². The summed E-state index contributed by atoms with van der Waals surface area (Å²) in [6.45, 7) is 11.3. The molecule has 5 unspecified atom stereocenters. The van der Waals surface area contributed by atoms with Crippen LogP contribution in [0.5, 0.6) is 0 Å². The Morgan fingerprint density at radius 1 is 0.710 bits per heavy atom. The van der Waals surface area contributed by atoms with Crippen LogP contribution in [-0.4, -0.2) is 43.9 Å². The number of carbonyl (C=O) groups is 3. The van der Waals surface area contributed by atoms with Gasteiger partial charge in [-0.1, -0.05) is 80.1 Å². The van der Waals surface area contributed by atoms with Gasteiger partial charge in [-0.2, -0.15) is 0 Å². The lowest BCUT2D eigenvalue weighted by Crippen LogP contribution is -2.65. The highest BCUT2D eigenvalue weighted by molar-refractivity contribution is 5.93. The van der Waals surface area contributed by atoms with E-state index in [9.17, 15) is 34.8 Å². The highest BCUT2D eigenvalue weighted by Crippen LogP contribution is 2.50. The third kappa shape index (κ3) is 7.19. The minimum Gasteiger partial charge on any atom is -0.481 e. The predicted molar refractivity (Wildman–Crippen MR) is 120 cm³/mol. The van der Waals surface area contributed by atoms with Gasteiger partial charge in [0.15, 0.2) is 5.60 Å². The highest BCUT2D eigenvalue weighted by atomic mass is 16.4. The molecule has 0 aromatic carbocycles. The summed E-state index contributed by atoms with van der Waals surface area (Å²) in [5, 5.41) is 42.3. The Morgan fingerprint density at radius 2 is 1.10 bits per heavy atom. The largest absolute Gasteiger partial charge is 0.481 e. The molecule has 0 amide bonds. The van der Waals surface area contributed by atoms with Crippen LogP contribution in [0.15, 0.2) is 0 Å². The van der Waals surface area contributed by atoms with Crippen LogP contribution in [0.2, 0.25) is 0 Å². The lowest BCUT2D eigenvalue weighted by molar-refractivity contribution is -0.211. The quantitative estimate of drug-likeness (QED) is 0.247. The Morgan fingerprint density at radius 3 is 1.39 bits per heavy atom. The van der Waals surface area contributed by atoms with E-state index in [-0.39, 0.29) is 37.0 Å². The Hall–Kier alpha value is -1.63. The van der Waals surface area contributed by atoms with E-state index in [2.05, 4.69) is 0 Å². The monoisotopic (exact) mass is 444 g/mol. The van der Waals surface area contributed by atoms with Crippen LogP contribution in [0.25, 0.3) is 0 Å². The van der Waals surface area contributed by atoms with Gasteiger partial charge in [0, 0.05) is 0 Å². The number of rotatable bonds is 17. The zero-order chi connectivity index (χ0) is 24.4. The average Bonchev–Trinajstić information content (AvgIpc) is 2.64. The van der Waals surface area contributed by atoms with E-state index in [1.807, 2.05) is 41.5 Å². The van der Waals surface area contributed by atoms with Crippen LogP contribution in [0.3, 0.4) is 0 Å². The molecular weight excluding hydrogens is 400 g/mol. The molecule has 0 aliphatic heterocycles. The summed E-state index contributed by atoms with van der Waals surface area (Å²) >= 11 is 0. The fourth-order valence-electron chi connectivity index (χ4n) is 5.26. The molecule has 7 heteroatoms. The molecule has 0 radical (unpaired) electrons. The van der Waals surface area contributed by atoms with Crippen LogP contribution >= 0.6 is 0 Å². The molecule has 0 spiro atoms. The van der Waals surface area contributed by atoms with E-state index in [0.717, 1.165) is 19.3 Å². The van der Waals surface area contributed by atoms with Crippen molar-refractivity contribution in [3.05, 3.63) is 0 Å². The van der Waals surface area contributed by atoms with Gasteiger partial charge in [-0.25, -0.2) is 4.79 Å². The van der Waals surface area contributed by atoms with Gasteiger partial charge in [0.25, 0.3) is 0 Å². The molecule has 31 heavy (non-hydrogen) atoms. The van der Waals surface area contributed by atoms with Crippen molar-refractivity contribution in [3.63, 3.8) is 0 Å². The van der Waals surface area contributed by atoms with Gasteiger partial charge in [0.1, 0.15) is 5.41 Å². The molecule has 0 aromatic heterocycles. The van der Waals surface area contributed by atoms with Crippen molar-refractivity contribution in [2.75, 3.05) is 0 Å². The minimum atomic E-state index is -2.92. The summed E-state index contributed by atoms with van der Waals surface area (Å²) in [6.07, 6.45) is 4.07. The number of hydrogen-bond donors (Lipinski definition) is 4. The Bertz CT molecular complexity index is 574. The van der Waals surface area contributed by atoms with Crippen LogP contribution in [0.4, 0.5) is 0 Å². The van der Waals surface area contributed by atoms with Crippen LogP contribution in [0, 0.1) is 29.1 Å². The summed E-state index contributed by atoms with van der Waals surface area (Å²) in [5.74, 6) is -6.90. The maximum absolute atomic E-state index is 12.8. The predicted octanol–water partition coefficient (Wildman–Crippen LogP) is 5.05. The number of aliphatic carboxylic acids is 3. The first kappa shape index (κ1) is 29.4. The smallest absolute Gasteiger partial charge is 0.337 e. The molecule has 0 aliphatic carbocycles. The third-order valence-electron chi connectivity index (χ3n) is 6.64. The van der Waals surface area contributed by atoms with Crippen molar-refractivity contribution in [3.8, 4) is 0 Å². The molecule has 0 rings (SSSR count). The maximum atomic E-state index is 12.8. The summed E-state index contributed by atoms with van der Waals surface area (Å²) in [4.78, 5) is 37.6. The van der Waals surface area contributed by atoms with Gasteiger partial charge in [-0.15, -0.1) is 0 Å². The normalized spacial score (nSPS) is 19.5. The van der Waals surface area contributed by atoms with Gasteiger partial charge >= 0.3 is 17.9 Å². The third-order valence-corrected chi connectivity index (χ3v) is 6.64. The molecule has 0 aliphatic rings. The zero-order valence-corrected chi connectivity index (χ0v) is 20.2. The molecule has 0 saturated carbocycles. The molecular formula is C24H44O7. The topological polar surface area (TPSA) is 132 Å². The molecule has 7 nitrogen and oxygen atoms in total. The summed E-state index contributed by atoms with van der Waals surface area (Å²) in [5.41, 5.74) is -5.02. The lowest BCUT2D eigenvalue weighted by atomic mass is 9.57. The van der Waals surface area contributed by atoms with Crippen molar-refractivity contribution >= 4 is 17.9 Å². The van der Waals surface area contributed by atoms with Crippen LogP contribution in [0.1, 0.15) is 99.3 Å². The van der Waals surface area contributed by atoms with Crippen molar-refractivity contribution < 1.29 is 34.8 Å². The van der Waals surface area contributed by atoms with Gasteiger partial charge in [-0.05, 0) is 37.0 Å². The van der Waals surface area contributed by atoms with E-state index < -0.39 is 34.8 Å². The second-order valence-electron chi connectivity index (χ2n) is 9.68. The van der Waals surface area contributed by atoms with E-state index in [0.29, 0.717) is 19.3 Å². The fourth-order valence-corrected chi connectivity index (χ4v) is 5.26.